The number of nitrogens with zero attached hydrogens (tertiary/aromatic N) is 1. The van der Waals surface area contributed by atoms with Gasteiger partial charge in [0.1, 0.15) is 5.75 Å². The van der Waals surface area contributed by atoms with Crippen molar-refractivity contribution in [3.05, 3.63) is 54.1 Å². The molecule has 3 rings (SSSR count). The van der Waals surface area contributed by atoms with Crippen molar-refractivity contribution in [3.63, 3.8) is 0 Å². The number of ether oxygens (including phenoxy) is 1. The Morgan fingerprint density at radius 2 is 1.81 bits per heavy atom. The largest absolute Gasteiger partial charge is 0.497 e. The monoisotopic (exact) mass is 280 g/mol. The number of hydrogen-bond acceptors (Lipinski definition) is 4. The van der Waals surface area contributed by atoms with Crippen LogP contribution in [0.4, 0.5) is 5.82 Å². The van der Waals surface area contributed by atoms with Gasteiger partial charge in [0.2, 0.25) is 0 Å². The van der Waals surface area contributed by atoms with Crippen LogP contribution in [-0.4, -0.2) is 12.3 Å². The molecule has 106 valence electrons. The van der Waals surface area contributed by atoms with Crippen LogP contribution in [0, 0.1) is 6.92 Å². The highest BCUT2D eigenvalue weighted by atomic mass is 16.5. The highest BCUT2D eigenvalue weighted by Gasteiger charge is 2.17. The molecule has 0 radical (unpaired) electrons. The summed E-state index contributed by atoms with van der Waals surface area (Å²) < 4.78 is 10.7. The van der Waals surface area contributed by atoms with Crippen LogP contribution in [0.1, 0.15) is 5.56 Å². The maximum Gasteiger partial charge on any atom is 0.176 e. The zero-order valence-corrected chi connectivity index (χ0v) is 12.0. The van der Waals surface area contributed by atoms with Gasteiger partial charge in [0.15, 0.2) is 11.6 Å². The highest BCUT2D eigenvalue weighted by molar-refractivity contribution is 5.86. The average Bonchev–Trinajstić information content (AvgIpc) is 2.90. The van der Waals surface area contributed by atoms with Crippen LogP contribution in [0.25, 0.3) is 22.5 Å². The third-order valence-corrected chi connectivity index (χ3v) is 3.39. The molecular formula is C17H16N2O2. The third-order valence-electron chi connectivity index (χ3n) is 3.39. The second kappa shape index (κ2) is 5.32. The number of anilines is 1. The van der Waals surface area contributed by atoms with Crippen molar-refractivity contribution in [2.24, 2.45) is 0 Å². The Balaban J connectivity index is 2.14. The highest BCUT2D eigenvalue weighted by Crippen LogP contribution is 2.37. The molecule has 0 aliphatic heterocycles. The molecule has 4 heteroatoms. The summed E-state index contributed by atoms with van der Waals surface area (Å²) in [6.45, 7) is 2.04. The van der Waals surface area contributed by atoms with Crippen LogP contribution in [0.5, 0.6) is 5.75 Å². The summed E-state index contributed by atoms with van der Waals surface area (Å²) in [7, 11) is 1.64. The van der Waals surface area contributed by atoms with Gasteiger partial charge in [0.25, 0.3) is 0 Å². The minimum atomic E-state index is 0.374. The van der Waals surface area contributed by atoms with E-state index in [1.807, 2.05) is 55.5 Å². The summed E-state index contributed by atoms with van der Waals surface area (Å²) in [5, 5.41) is 3.91. The van der Waals surface area contributed by atoms with Gasteiger partial charge in [-0.15, -0.1) is 0 Å². The fraction of sp³-hybridized carbons (Fsp3) is 0.118. The molecule has 0 aliphatic carbocycles. The molecule has 0 amide bonds. The van der Waals surface area contributed by atoms with E-state index in [0.29, 0.717) is 11.6 Å². The van der Waals surface area contributed by atoms with Crippen molar-refractivity contribution in [3.8, 4) is 28.2 Å². The lowest BCUT2D eigenvalue weighted by molar-refractivity contribution is 0.415. The number of aryl methyl sites for hydroxylation is 1. The summed E-state index contributed by atoms with van der Waals surface area (Å²) in [4.78, 5) is 0. The van der Waals surface area contributed by atoms with E-state index in [-0.39, 0.29) is 0 Å². The van der Waals surface area contributed by atoms with Gasteiger partial charge in [-0.05, 0) is 24.6 Å². The van der Waals surface area contributed by atoms with Crippen LogP contribution in [0.15, 0.2) is 53.1 Å². The lowest BCUT2D eigenvalue weighted by Crippen LogP contribution is -1.90. The van der Waals surface area contributed by atoms with Gasteiger partial charge < -0.3 is 15.0 Å². The van der Waals surface area contributed by atoms with Crippen molar-refractivity contribution >= 4 is 5.82 Å². The van der Waals surface area contributed by atoms with Crippen LogP contribution >= 0.6 is 0 Å². The van der Waals surface area contributed by atoms with Gasteiger partial charge in [-0.2, -0.15) is 0 Å². The first-order valence-electron chi connectivity index (χ1n) is 6.65. The Morgan fingerprint density at radius 3 is 2.52 bits per heavy atom. The first kappa shape index (κ1) is 13.2. The number of benzene rings is 2. The van der Waals surface area contributed by atoms with Gasteiger partial charge in [0.05, 0.1) is 12.7 Å². The zero-order valence-electron chi connectivity index (χ0n) is 12.0. The lowest BCUT2D eigenvalue weighted by Gasteiger charge is -2.05. The Hall–Kier alpha value is -2.75. The number of nitrogens with two attached hydrogens (primary N) is 1. The first-order valence-corrected chi connectivity index (χ1v) is 6.65. The molecule has 4 nitrogen and oxygen atoms in total. The molecule has 3 aromatic rings. The van der Waals surface area contributed by atoms with Gasteiger partial charge in [-0.1, -0.05) is 47.1 Å². The fourth-order valence-corrected chi connectivity index (χ4v) is 2.26. The fourth-order valence-electron chi connectivity index (χ4n) is 2.26. The predicted molar refractivity (Wildman–Crippen MR) is 83.1 cm³/mol. The maximum atomic E-state index is 5.99. The Bertz CT molecular complexity index is 761. The van der Waals surface area contributed by atoms with E-state index in [1.54, 1.807) is 7.11 Å². The van der Waals surface area contributed by atoms with Crippen molar-refractivity contribution in [1.82, 2.24) is 5.16 Å². The lowest BCUT2D eigenvalue weighted by atomic mass is 10.0. The smallest absolute Gasteiger partial charge is 0.176 e. The van der Waals surface area contributed by atoms with Gasteiger partial charge in [-0.25, -0.2) is 0 Å². The van der Waals surface area contributed by atoms with Crippen LogP contribution in [0.2, 0.25) is 0 Å². The third kappa shape index (κ3) is 2.48. The normalized spacial score (nSPS) is 10.6. The molecule has 0 bridgehead atoms. The van der Waals surface area contributed by atoms with Gasteiger partial charge in [-0.3, -0.25) is 0 Å². The molecule has 1 aromatic heterocycles. The van der Waals surface area contributed by atoms with E-state index in [9.17, 15) is 0 Å². The summed E-state index contributed by atoms with van der Waals surface area (Å²) >= 11 is 0. The molecule has 0 saturated carbocycles. The Labute approximate surface area is 123 Å². The van der Waals surface area contributed by atoms with Gasteiger partial charge >= 0.3 is 0 Å². The summed E-state index contributed by atoms with van der Waals surface area (Å²) in [6.07, 6.45) is 0. The van der Waals surface area contributed by atoms with E-state index in [4.69, 9.17) is 15.0 Å². The topological polar surface area (TPSA) is 61.3 Å². The number of rotatable bonds is 3. The molecule has 1 heterocycles. The van der Waals surface area contributed by atoms with Crippen LogP contribution < -0.4 is 10.5 Å². The quantitative estimate of drug-likeness (QED) is 0.790. The SMILES string of the molecule is COc1cccc(-c2c(N)noc2-c2ccc(C)cc2)c1. The molecule has 21 heavy (non-hydrogen) atoms. The van der Waals surface area contributed by atoms with Crippen molar-refractivity contribution in [2.75, 3.05) is 12.8 Å². The van der Waals surface area contributed by atoms with E-state index >= 15 is 0 Å². The van der Waals surface area contributed by atoms with E-state index in [1.165, 1.54) is 5.56 Å². The average molecular weight is 280 g/mol. The van der Waals surface area contributed by atoms with Crippen molar-refractivity contribution < 1.29 is 9.26 Å². The molecule has 2 N–H and O–H groups in total. The Kier molecular flexibility index (Phi) is 3.36. The minimum Gasteiger partial charge on any atom is -0.497 e. The molecule has 0 saturated heterocycles. The number of nitrogen functional groups attached to an aromatic ring is 1. The van der Waals surface area contributed by atoms with E-state index in [2.05, 4.69) is 5.16 Å². The summed E-state index contributed by atoms with van der Waals surface area (Å²) in [5.41, 5.74) is 9.83. The second-order valence-corrected chi connectivity index (χ2v) is 4.87. The van der Waals surface area contributed by atoms with Crippen molar-refractivity contribution in [2.45, 2.75) is 6.92 Å². The number of aromatic nitrogens is 1. The van der Waals surface area contributed by atoms with Crippen molar-refractivity contribution in [1.29, 1.82) is 0 Å². The van der Waals surface area contributed by atoms with Crippen LogP contribution in [0.3, 0.4) is 0 Å². The molecule has 0 unspecified atom stereocenters. The molecule has 2 aromatic carbocycles. The molecular weight excluding hydrogens is 264 g/mol. The maximum absolute atomic E-state index is 5.99. The summed E-state index contributed by atoms with van der Waals surface area (Å²) in [6, 6.07) is 15.7. The van der Waals surface area contributed by atoms with E-state index in [0.717, 1.165) is 22.4 Å². The first-order chi connectivity index (χ1) is 10.2. The molecule has 0 atom stereocenters. The predicted octanol–water partition coefficient (Wildman–Crippen LogP) is 3.91. The Morgan fingerprint density at radius 1 is 1.05 bits per heavy atom. The zero-order chi connectivity index (χ0) is 14.8. The van der Waals surface area contributed by atoms with E-state index < -0.39 is 0 Å². The molecule has 0 spiro atoms. The summed E-state index contributed by atoms with van der Waals surface area (Å²) in [5.74, 6) is 1.81. The molecule has 0 aliphatic rings. The minimum absolute atomic E-state index is 0.374. The standard InChI is InChI=1S/C17H16N2O2/c1-11-6-8-12(9-7-11)16-15(17(18)19-21-16)13-4-3-5-14(10-13)20-2/h3-10H,1-2H3,(H2,18,19). The molecule has 0 fully saturated rings. The number of methoxy groups -OCH3 is 1. The number of hydrogen-bond donors (Lipinski definition) is 1. The van der Waals surface area contributed by atoms with Crippen LogP contribution in [-0.2, 0) is 0 Å². The van der Waals surface area contributed by atoms with Gasteiger partial charge in [0, 0.05) is 5.56 Å². The second-order valence-electron chi connectivity index (χ2n) is 4.87.